The summed E-state index contributed by atoms with van der Waals surface area (Å²) in [6, 6.07) is 10.8. The summed E-state index contributed by atoms with van der Waals surface area (Å²) in [5.74, 6) is 0. The van der Waals surface area contributed by atoms with Gasteiger partial charge in [-0.1, -0.05) is 27.2 Å². The first kappa shape index (κ1) is 18.2. The third kappa shape index (κ3) is 13.0. The quantitative estimate of drug-likeness (QED) is 0.606. The van der Waals surface area contributed by atoms with Gasteiger partial charge in [0.25, 0.3) is 0 Å². The summed E-state index contributed by atoms with van der Waals surface area (Å²) in [6.45, 7) is 6.30. The molecule has 0 saturated heterocycles. The zero-order chi connectivity index (χ0) is 7.82. The second kappa shape index (κ2) is 13.9. The summed E-state index contributed by atoms with van der Waals surface area (Å²) in [6.07, 6.45) is 1.25. The van der Waals surface area contributed by atoms with Gasteiger partial charge in [-0.2, -0.15) is 35.9 Å². The maximum atomic E-state index is 2.96. The van der Waals surface area contributed by atoms with Crippen LogP contribution in [0.1, 0.15) is 25.8 Å². The van der Waals surface area contributed by atoms with E-state index in [9.17, 15) is 0 Å². The Morgan fingerprint density at radius 1 is 1.33 bits per heavy atom. The van der Waals surface area contributed by atoms with Crippen molar-refractivity contribution in [2.24, 2.45) is 0 Å². The minimum absolute atomic E-state index is 0. The molecule has 0 nitrogen and oxygen atoms in total. The molecule has 67 valence electrons. The molecule has 1 radical (unpaired) electrons. The SMILES string of the molecule is CCC.Cc1c[c-]ccc1.[CH3-].[Y]. The van der Waals surface area contributed by atoms with E-state index < -0.39 is 0 Å². The molecular weight excluding hydrogens is 221 g/mol. The molecule has 0 aliphatic heterocycles. The van der Waals surface area contributed by atoms with Crippen molar-refractivity contribution in [2.75, 3.05) is 0 Å². The van der Waals surface area contributed by atoms with Crippen LogP contribution < -0.4 is 0 Å². The van der Waals surface area contributed by atoms with Crippen molar-refractivity contribution in [3.8, 4) is 0 Å². The molecule has 0 amide bonds. The Morgan fingerprint density at radius 3 is 2.00 bits per heavy atom. The molecule has 0 saturated carbocycles. The zero-order valence-electron chi connectivity index (χ0n) is 8.59. The van der Waals surface area contributed by atoms with Gasteiger partial charge < -0.3 is 7.43 Å². The fourth-order valence-electron chi connectivity index (χ4n) is 0.483. The van der Waals surface area contributed by atoms with Crippen molar-refractivity contribution in [1.82, 2.24) is 0 Å². The number of hydrogen-bond donors (Lipinski definition) is 0. The van der Waals surface area contributed by atoms with E-state index in [1.807, 2.05) is 18.2 Å². The van der Waals surface area contributed by atoms with E-state index in [4.69, 9.17) is 0 Å². The van der Waals surface area contributed by atoms with E-state index in [1.165, 1.54) is 12.0 Å². The smallest absolute Gasteiger partial charge is 0 e. The summed E-state index contributed by atoms with van der Waals surface area (Å²) in [5, 5.41) is 0. The van der Waals surface area contributed by atoms with E-state index in [0.717, 1.165) is 0 Å². The van der Waals surface area contributed by atoms with Crippen molar-refractivity contribution >= 4 is 0 Å². The monoisotopic (exact) mass is 239 g/mol. The van der Waals surface area contributed by atoms with Crippen LogP contribution in [-0.4, -0.2) is 0 Å². The van der Waals surface area contributed by atoms with Crippen LogP contribution in [0.4, 0.5) is 0 Å². The second-order valence-electron chi connectivity index (χ2n) is 2.29. The van der Waals surface area contributed by atoms with E-state index in [2.05, 4.69) is 32.9 Å². The van der Waals surface area contributed by atoms with Gasteiger partial charge in [0, 0.05) is 32.7 Å². The third-order valence-electron chi connectivity index (χ3n) is 0.863. The van der Waals surface area contributed by atoms with E-state index in [1.54, 1.807) is 0 Å². The van der Waals surface area contributed by atoms with Gasteiger partial charge in [-0.25, -0.2) is 0 Å². The summed E-state index contributed by atoms with van der Waals surface area (Å²) in [4.78, 5) is 0. The topological polar surface area (TPSA) is 0 Å². The first-order chi connectivity index (χ1) is 4.81. The first-order valence-corrected chi connectivity index (χ1v) is 3.74. The first-order valence-electron chi connectivity index (χ1n) is 3.74. The maximum Gasteiger partial charge on any atom is 0 e. The van der Waals surface area contributed by atoms with Crippen molar-refractivity contribution < 1.29 is 32.7 Å². The van der Waals surface area contributed by atoms with Gasteiger partial charge in [-0.15, -0.1) is 0 Å². The third-order valence-corrected chi connectivity index (χ3v) is 0.863. The van der Waals surface area contributed by atoms with Gasteiger partial charge in [0.05, 0.1) is 0 Å². The Balaban J connectivity index is -0.000000146. The van der Waals surface area contributed by atoms with Crippen LogP contribution in [0.2, 0.25) is 0 Å². The van der Waals surface area contributed by atoms with Gasteiger partial charge in [0.15, 0.2) is 0 Å². The minimum Gasteiger partial charge on any atom is -0.358 e. The molecule has 0 heterocycles. The fourth-order valence-corrected chi connectivity index (χ4v) is 0.483. The Bertz CT molecular complexity index is 146. The molecule has 0 N–H and O–H groups in total. The molecule has 0 spiro atoms. The van der Waals surface area contributed by atoms with E-state index in [-0.39, 0.29) is 40.1 Å². The maximum absolute atomic E-state index is 2.96. The van der Waals surface area contributed by atoms with Crippen LogP contribution in [0.25, 0.3) is 0 Å². The molecule has 12 heavy (non-hydrogen) atoms. The van der Waals surface area contributed by atoms with Gasteiger partial charge in [-0.05, 0) is 0 Å². The summed E-state index contributed by atoms with van der Waals surface area (Å²) in [7, 11) is 0. The van der Waals surface area contributed by atoms with Crippen LogP contribution in [0.15, 0.2) is 24.3 Å². The van der Waals surface area contributed by atoms with Gasteiger partial charge in [-0.3, -0.25) is 0 Å². The van der Waals surface area contributed by atoms with E-state index in [0.29, 0.717) is 0 Å². The predicted molar refractivity (Wildman–Crippen MR) is 52.4 cm³/mol. The van der Waals surface area contributed by atoms with E-state index >= 15 is 0 Å². The van der Waals surface area contributed by atoms with Crippen LogP contribution in [0.3, 0.4) is 0 Å². The molecule has 1 rings (SSSR count). The molecule has 0 bridgehead atoms. The molecule has 0 aromatic heterocycles. The zero-order valence-corrected chi connectivity index (χ0v) is 11.4. The van der Waals surface area contributed by atoms with Crippen LogP contribution in [0, 0.1) is 20.4 Å². The number of benzene rings is 1. The Kier molecular flexibility index (Phi) is 21.0. The largest absolute Gasteiger partial charge is 0.358 e. The Morgan fingerprint density at radius 2 is 1.83 bits per heavy atom. The van der Waals surface area contributed by atoms with Crippen molar-refractivity contribution in [3.05, 3.63) is 43.3 Å². The van der Waals surface area contributed by atoms with Gasteiger partial charge >= 0.3 is 0 Å². The number of rotatable bonds is 0. The van der Waals surface area contributed by atoms with Crippen molar-refractivity contribution in [2.45, 2.75) is 27.2 Å². The summed E-state index contributed by atoms with van der Waals surface area (Å²) in [5.41, 5.74) is 1.27. The Hall–Kier alpha value is 0.324. The predicted octanol–water partition coefficient (Wildman–Crippen LogP) is 3.66. The van der Waals surface area contributed by atoms with Crippen molar-refractivity contribution in [1.29, 1.82) is 0 Å². The molecule has 1 aromatic rings. The molecule has 0 aliphatic carbocycles. The normalized spacial score (nSPS) is 6.58. The molecule has 0 unspecified atom stereocenters. The standard InChI is InChI=1S/C7H7.C3H8.CH3.Y/c1-7-5-3-2-4-6-7;1-3-2;;/h2-3,5-6H,1H3;3H2,1-2H3;1H3;/q-1;;-1;. The minimum atomic E-state index is 0. The molecule has 0 atom stereocenters. The summed E-state index contributed by atoms with van der Waals surface area (Å²) >= 11 is 0. The van der Waals surface area contributed by atoms with Crippen LogP contribution in [0.5, 0.6) is 0 Å². The number of aryl methyl sites for hydroxylation is 1. The molecule has 1 heteroatoms. The van der Waals surface area contributed by atoms with Crippen LogP contribution >= 0.6 is 0 Å². The fraction of sp³-hybridized carbons (Fsp3) is 0.364. The molecule has 0 fully saturated rings. The van der Waals surface area contributed by atoms with Gasteiger partial charge in [0.2, 0.25) is 0 Å². The average molecular weight is 239 g/mol. The Labute approximate surface area is 103 Å². The molecule has 0 aliphatic rings. The summed E-state index contributed by atoms with van der Waals surface area (Å²) < 4.78 is 0. The van der Waals surface area contributed by atoms with Crippen LogP contribution in [-0.2, 0) is 32.7 Å². The van der Waals surface area contributed by atoms with Gasteiger partial charge in [0.1, 0.15) is 0 Å². The van der Waals surface area contributed by atoms with Crippen molar-refractivity contribution in [3.63, 3.8) is 0 Å². The second-order valence-corrected chi connectivity index (χ2v) is 2.29. The molecule has 1 aromatic carbocycles. The molecular formula is C11H18Y-2. The average Bonchev–Trinajstić information content (AvgIpc) is 1.91. The number of hydrogen-bond acceptors (Lipinski definition) is 0.